The number of aliphatic carboxylic acids is 1. The van der Waals surface area contributed by atoms with Crippen molar-refractivity contribution >= 4 is 11.9 Å². The van der Waals surface area contributed by atoms with Gasteiger partial charge in [-0.25, -0.2) is 0 Å². The zero-order chi connectivity index (χ0) is 11.8. The molecule has 0 saturated heterocycles. The second kappa shape index (κ2) is 6.85. The zero-order valence-corrected chi connectivity index (χ0v) is 8.77. The van der Waals surface area contributed by atoms with E-state index in [0.29, 0.717) is 6.42 Å². The van der Waals surface area contributed by atoms with E-state index in [1.54, 1.807) is 0 Å². The van der Waals surface area contributed by atoms with E-state index in [0.717, 1.165) is 11.3 Å². The molecule has 0 aliphatic rings. The first-order valence-corrected chi connectivity index (χ1v) is 4.72. The Labute approximate surface area is 89.2 Å². The molecule has 0 saturated carbocycles. The third kappa shape index (κ3) is 5.03. The summed E-state index contributed by atoms with van der Waals surface area (Å²) >= 11 is 0. The number of carboxylic acid groups (broad SMARTS) is 1. The molecule has 0 aromatic carbocycles. The fourth-order valence-electron chi connectivity index (χ4n) is 1.15. The van der Waals surface area contributed by atoms with Gasteiger partial charge in [0.2, 0.25) is 5.91 Å². The zero-order valence-electron chi connectivity index (χ0n) is 8.77. The predicted octanol–water partition coefficient (Wildman–Crippen LogP) is -0.340. The van der Waals surface area contributed by atoms with E-state index in [4.69, 9.17) is 17.3 Å². The summed E-state index contributed by atoms with van der Waals surface area (Å²) in [5.41, 5.74) is 5.58. The van der Waals surface area contributed by atoms with Crippen molar-refractivity contribution in [1.29, 1.82) is 0 Å². The Hall–Kier alpha value is -1.54. The lowest BCUT2D eigenvalue weighted by atomic mass is 10.1. The molecule has 0 aromatic rings. The maximum atomic E-state index is 11.6. The van der Waals surface area contributed by atoms with Crippen LogP contribution >= 0.6 is 0 Å². The molecule has 5 heteroatoms. The number of nitrogens with zero attached hydrogens (tertiary/aromatic N) is 1. The highest BCUT2D eigenvalue weighted by molar-refractivity contribution is 5.85. The largest absolute Gasteiger partial charge is 0.480 e. The van der Waals surface area contributed by atoms with E-state index in [9.17, 15) is 9.59 Å². The highest BCUT2D eigenvalue weighted by Gasteiger charge is 2.21. The van der Waals surface area contributed by atoms with Crippen LogP contribution in [0.1, 0.15) is 19.8 Å². The number of carboxylic acids is 1. The first kappa shape index (κ1) is 13.5. The fourth-order valence-corrected chi connectivity index (χ4v) is 1.15. The van der Waals surface area contributed by atoms with Gasteiger partial charge in [-0.3, -0.25) is 9.59 Å². The van der Waals surface area contributed by atoms with Crippen molar-refractivity contribution in [2.75, 3.05) is 13.1 Å². The molecule has 0 aliphatic carbocycles. The summed E-state index contributed by atoms with van der Waals surface area (Å²) in [6.07, 6.45) is 6.33. The molecule has 0 fully saturated rings. The summed E-state index contributed by atoms with van der Waals surface area (Å²) in [4.78, 5) is 23.1. The van der Waals surface area contributed by atoms with Gasteiger partial charge in [0.1, 0.15) is 6.54 Å². The Morgan fingerprint density at radius 2 is 2.20 bits per heavy atom. The fraction of sp³-hybridized carbons (Fsp3) is 0.600. The number of terminal acetylenes is 1. The molecule has 0 aliphatic heterocycles. The standard InChI is InChI=1S/C10H16N2O3/c1-3-5-8(11)10(15)12(6-4-2)7-9(13)14/h2,8H,3,5-7,11H2,1H3,(H,13,14)/t8-/m0/s1. The number of amides is 1. The van der Waals surface area contributed by atoms with Gasteiger partial charge in [-0.2, -0.15) is 0 Å². The maximum absolute atomic E-state index is 11.6. The maximum Gasteiger partial charge on any atom is 0.323 e. The van der Waals surface area contributed by atoms with Crippen LogP contribution in [-0.2, 0) is 9.59 Å². The number of carbonyl (C=O) groups excluding carboxylic acids is 1. The highest BCUT2D eigenvalue weighted by Crippen LogP contribution is 1.99. The van der Waals surface area contributed by atoms with Gasteiger partial charge in [-0.15, -0.1) is 6.42 Å². The van der Waals surface area contributed by atoms with Crippen molar-refractivity contribution in [3.8, 4) is 12.3 Å². The average Bonchev–Trinajstić information content (AvgIpc) is 2.16. The molecule has 0 unspecified atom stereocenters. The quantitative estimate of drug-likeness (QED) is 0.590. The molecule has 0 spiro atoms. The van der Waals surface area contributed by atoms with Gasteiger partial charge in [-0.1, -0.05) is 19.3 Å². The lowest BCUT2D eigenvalue weighted by Gasteiger charge is -2.21. The molecular weight excluding hydrogens is 196 g/mol. The van der Waals surface area contributed by atoms with E-state index in [2.05, 4.69) is 5.92 Å². The van der Waals surface area contributed by atoms with Gasteiger partial charge < -0.3 is 15.7 Å². The minimum Gasteiger partial charge on any atom is -0.480 e. The Kier molecular flexibility index (Phi) is 6.14. The molecule has 5 nitrogen and oxygen atoms in total. The normalized spacial score (nSPS) is 11.5. The highest BCUT2D eigenvalue weighted by atomic mass is 16.4. The first-order chi connectivity index (χ1) is 7.02. The Morgan fingerprint density at radius 1 is 1.60 bits per heavy atom. The van der Waals surface area contributed by atoms with Gasteiger partial charge in [-0.05, 0) is 6.42 Å². The van der Waals surface area contributed by atoms with Gasteiger partial charge in [0.25, 0.3) is 0 Å². The van der Waals surface area contributed by atoms with Crippen molar-refractivity contribution in [2.24, 2.45) is 5.73 Å². The van der Waals surface area contributed by atoms with Crippen molar-refractivity contribution in [3.05, 3.63) is 0 Å². The predicted molar refractivity (Wildman–Crippen MR) is 55.9 cm³/mol. The summed E-state index contributed by atoms with van der Waals surface area (Å²) in [6.45, 7) is 1.47. The number of rotatable bonds is 6. The van der Waals surface area contributed by atoms with Crippen LogP contribution in [0.4, 0.5) is 0 Å². The number of hydrogen-bond donors (Lipinski definition) is 2. The number of hydrogen-bond acceptors (Lipinski definition) is 3. The summed E-state index contributed by atoms with van der Waals surface area (Å²) in [6, 6.07) is -0.664. The van der Waals surface area contributed by atoms with E-state index < -0.39 is 24.5 Å². The second-order valence-electron chi connectivity index (χ2n) is 3.19. The second-order valence-corrected chi connectivity index (χ2v) is 3.19. The van der Waals surface area contributed by atoms with Crippen molar-refractivity contribution < 1.29 is 14.7 Å². The average molecular weight is 212 g/mol. The summed E-state index contributed by atoms with van der Waals surface area (Å²) in [7, 11) is 0. The SMILES string of the molecule is C#CCN(CC(=O)O)C(=O)[C@@H](N)CCC. The van der Waals surface area contributed by atoms with E-state index in [1.165, 1.54) is 0 Å². The van der Waals surface area contributed by atoms with E-state index in [1.807, 2.05) is 6.92 Å². The number of carbonyl (C=O) groups is 2. The van der Waals surface area contributed by atoms with Crippen molar-refractivity contribution in [2.45, 2.75) is 25.8 Å². The lowest BCUT2D eigenvalue weighted by molar-refractivity contribution is -0.144. The smallest absolute Gasteiger partial charge is 0.323 e. The van der Waals surface area contributed by atoms with Crippen LogP contribution in [0.3, 0.4) is 0 Å². The minimum absolute atomic E-state index is 0.0253. The summed E-state index contributed by atoms with van der Waals surface area (Å²) in [5, 5.41) is 8.57. The van der Waals surface area contributed by atoms with E-state index >= 15 is 0 Å². The van der Waals surface area contributed by atoms with E-state index in [-0.39, 0.29) is 6.54 Å². The molecule has 0 bridgehead atoms. The minimum atomic E-state index is -1.10. The summed E-state index contributed by atoms with van der Waals surface area (Å²) < 4.78 is 0. The molecule has 3 N–H and O–H groups in total. The Morgan fingerprint density at radius 3 is 2.60 bits per heavy atom. The van der Waals surface area contributed by atoms with Gasteiger partial charge in [0.05, 0.1) is 12.6 Å². The molecule has 0 heterocycles. The third-order valence-electron chi connectivity index (χ3n) is 1.84. The van der Waals surface area contributed by atoms with Gasteiger partial charge in [0, 0.05) is 0 Å². The lowest BCUT2D eigenvalue weighted by Crippen LogP contribution is -2.45. The monoisotopic (exact) mass is 212 g/mol. The topological polar surface area (TPSA) is 83.6 Å². The summed E-state index contributed by atoms with van der Waals surface area (Å²) in [5.74, 6) is 0.737. The molecule has 1 atom stereocenters. The number of nitrogens with two attached hydrogens (primary N) is 1. The van der Waals surface area contributed by atoms with Crippen LogP contribution in [0.15, 0.2) is 0 Å². The molecule has 0 radical (unpaired) electrons. The third-order valence-corrected chi connectivity index (χ3v) is 1.84. The van der Waals surface area contributed by atoms with Crippen LogP contribution in [0.25, 0.3) is 0 Å². The van der Waals surface area contributed by atoms with Crippen LogP contribution in [-0.4, -0.2) is 41.0 Å². The molecule has 1 amide bonds. The Balaban J connectivity index is 4.41. The van der Waals surface area contributed by atoms with Crippen molar-refractivity contribution in [1.82, 2.24) is 4.90 Å². The molecule has 0 rings (SSSR count). The molecular formula is C10H16N2O3. The van der Waals surface area contributed by atoms with Crippen LogP contribution in [0, 0.1) is 12.3 Å². The van der Waals surface area contributed by atoms with Crippen molar-refractivity contribution in [3.63, 3.8) is 0 Å². The van der Waals surface area contributed by atoms with Crippen LogP contribution < -0.4 is 5.73 Å². The van der Waals surface area contributed by atoms with Crippen LogP contribution in [0.5, 0.6) is 0 Å². The first-order valence-electron chi connectivity index (χ1n) is 4.72. The van der Waals surface area contributed by atoms with Crippen LogP contribution in [0.2, 0.25) is 0 Å². The Bertz CT molecular complexity index is 270. The van der Waals surface area contributed by atoms with Gasteiger partial charge in [0.15, 0.2) is 0 Å². The molecule has 15 heavy (non-hydrogen) atoms. The van der Waals surface area contributed by atoms with Gasteiger partial charge >= 0.3 is 5.97 Å². The molecule has 0 aromatic heterocycles. The molecule has 84 valence electrons.